The molecular formula is C17H20O2. The second-order valence-corrected chi connectivity index (χ2v) is 4.75. The van der Waals surface area contributed by atoms with Crippen LogP contribution in [0.15, 0.2) is 54.6 Å². The molecule has 0 aromatic heterocycles. The number of hydrogen-bond acceptors (Lipinski definition) is 2. The summed E-state index contributed by atoms with van der Waals surface area (Å²) in [4.78, 5) is 0. The van der Waals surface area contributed by atoms with Crippen LogP contribution in [0.4, 0.5) is 0 Å². The highest BCUT2D eigenvalue weighted by Crippen LogP contribution is 2.35. The molecule has 0 bridgehead atoms. The molecule has 19 heavy (non-hydrogen) atoms. The van der Waals surface area contributed by atoms with E-state index in [4.69, 9.17) is 4.74 Å². The van der Waals surface area contributed by atoms with Gasteiger partial charge in [-0.2, -0.15) is 0 Å². The van der Waals surface area contributed by atoms with Crippen molar-refractivity contribution >= 4 is 0 Å². The van der Waals surface area contributed by atoms with Gasteiger partial charge in [0.1, 0.15) is 5.75 Å². The van der Waals surface area contributed by atoms with E-state index in [0.29, 0.717) is 12.8 Å². The third kappa shape index (κ3) is 2.96. The molecule has 100 valence electrons. The zero-order chi connectivity index (χ0) is 13.7. The number of hydrogen-bond donors (Lipinski definition) is 1. The Morgan fingerprint density at radius 2 is 1.63 bits per heavy atom. The Balaban J connectivity index is 2.36. The number of aliphatic hydroxyl groups is 1. The Morgan fingerprint density at radius 1 is 1.00 bits per heavy atom. The van der Waals surface area contributed by atoms with E-state index in [2.05, 4.69) is 0 Å². The Morgan fingerprint density at radius 3 is 2.26 bits per heavy atom. The van der Waals surface area contributed by atoms with Gasteiger partial charge in [0.05, 0.1) is 12.7 Å². The van der Waals surface area contributed by atoms with Crippen molar-refractivity contribution < 1.29 is 9.84 Å². The van der Waals surface area contributed by atoms with Gasteiger partial charge in [-0.1, -0.05) is 55.5 Å². The third-order valence-electron chi connectivity index (χ3n) is 3.53. The van der Waals surface area contributed by atoms with Crippen molar-refractivity contribution in [3.8, 4) is 5.75 Å². The van der Waals surface area contributed by atoms with Crippen LogP contribution in [0.25, 0.3) is 0 Å². The first-order valence-corrected chi connectivity index (χ1v) is 6.59. The molecule has 2 aromatic carbocycles. The summed E-state index contributed by atoms with van der Waals surface area (Å²) in [7, 11) is 1.64. The summed E-state index contributed by atoms with van der Waals surface area (Å²) in [5, 5.41) is 11.0. The van der Waals surface area contributed by atoms with Crippen LogP contribution in [0.5, 0.6) is 5.75 Å². The lowest BCUT2D eigenvalue weighted by Crippen LogP contribution is -2.28. The third-order valence-corrected chi connectivity index (χ3v) is 3.53. The first-order valence-electron chi connectivity index (χ1n) is 6.59. The minimum absolute atomic E-state index is 0.588. The van der Waals surface area contributed by atoms with Crippen molar-refractivity contribution in [2.24, 2.45) is 0 Å². The van der Waals surface area contributed by atoms with Gasteiger partial charge < -0.3 is 9.84 Å². The maximum absolute atomic E-state index is 11.0. The quantitative estimate of drug-likeness (QED) is 0.886. The first kappa shape index (κ1) is 13.6. The minimum atomic E-state index is -0.895. The molecule has 1 atom stereocenters. The van der Waals surface area contributed by atoms with Crippen LogP contribution >= 0.6 is 0 Å². The predicted octanol–water partition coefficient (Wildman–Crippen LogP) is 3.54. The summed E-state index contributed by atoms with van der Waals surface area (Å²) < 4.78 is 5.37. The average Bonchev–Trinajstić information content (AvgIpc) is 2.48. The van der Waals surface area contributed by atoms with Gasteiger partial charge in [0.2, 0.25) is 0 Å². The molecule has 0 fully saturated rings. The molecule has 0 saturated carbocycles. The van der Waals surface area contributed by atoms with Crippen LogP contribution in [-0.2, 0) is 12.0 Å². The zero-order valence-electron chi connectivity index (χ0n) is 11.5. The molecule has 0 aliphatic heterocycles. The van der Waals surface area contributed by atoms with Gasteiger partial charge in [-0.3, -0.25) is 0 Å². The minimum Gasteiger partial charge on any atom is -0.496 e. The Kier molecular flexibility index (Phi) is 4.23. The van der Waals surface area contributed by atoms with Gasteiger partial charge in [0, 0.05) is 12.0 Å². The van der Waals surface area contributed by atoms with Crippen molar-refractivity contribution in [3.63, 3.8) is 0 Å². The number of ether oxygens (including phenoxy) is 1. The predicted molar refractivity (Wildman–Crippen MR) is 77.3 cm³/mol. The lowest BCUT2D eigenvalue weighted by Gasteiger charge is -2.29. The molecule has 1 N–H and O–H groups in total. The molecule has 0 radical (unpaired) electrons. The molecule has 0 aliphatic rings. The van der Waals surface area contributed by atoms with Crippen molar-refractivity contribution in [2.45, 2.75) is 25.4 Å². The van der Waals surface area contributed by atoms with Crippen molar-refractivity contribution in [3.05, 3.63) is 65.7 Å². The highest BCUT2D eigenvalue weighted by atomic mass is 16.5. The molecule has 2 heteroatoms. The SMILES string of the molecule is CCC(O)(Cc1ccccc1)c1ccccc1OC. The molecule has 2 rings (SSSR count). The van der Waals surface area contributed by atoms with E-state index >= 15 is 0 Å². The summed E-state index contributed by atoms with van der Waals surface area (Å²) in [5.41, 5.74) is 1.08. The molecule has 0 spiro atoms. The zero-order valence-corrected chi connectivity index (χ0v) is 11.5. The van der Waals surface area contributed by atoms with Crippen LogP contribution in [-0.4, -0.2) is 12.2 Å². The van der Waals surface area contributed by atoms with Crippen LogP contribution < -0.4 is 4.74 Å². The smallest absolute Gasteiger partial charge is 0.124 e. The fraction of sp³-hybridized carbons (Fsp3) is 0.294. The largest absolute Gasteiger partial charge is 0.496 e. The van der Waals surface area contributed by atoms with Crippen LogP contribution in [0, 0.1) is 0 Å². The standard InChI is InChI=1S/C17H20O2/c1-3-17(18,13-14-9-5-4-6-10-14)15-11-7-8-12-16(15)19-2/h4-12,18H,3,13H2,1-2H3. The maximum Gasteiger partial charge on any atom is 0.124 e. The number of para-hydroxylation sites is 1. The summed E-state index contributed by atoms with van der Waals surface area (Å²) in [6, 6.07) is 17.7. The highest BCUT2D eigenvalue weighted by molar-refractivity contribution is 5.39. The normalized spacial score (nSPS) is 13.8. The van der Waals surface area contributed by atoms with Crippen LogP contribution in [0.1, 0.15) is 24.5 Å². The van der Waals surface area contributed by atoms with Crippen molar-refractivity contribution in [1.29, 1.82) is 0 Å². The Hall–Kier alpha value is -1.80. The molecule has 0 saturated heterocycles. The van der Waals surface area contributed by atoms with Crippen molar-refractivity contribution in [2.75, 3.05) is 7.11 Å². The van der Waals surface area contributed by atoms with E-state index in [9.17, 15) is 5.11 Å². The fourth-order valence-electron chi connectivity index (χ4n) is 2.37. The van der Waals surface area contributed by atoms with E-state index in [0.717, 1.165) is 16.9 Å². The van der Waals surface area contributed by atoms with Gasteiger partial charge in [-0.05, 0) is 18.1 Å². The van der Waals surface area contributed by atoms with E-state index < -0.39 is 5.60 Å². The summed E-state index contributed by atoms with van der Waals surface area (Å²) in [5.74, 6) is 0.739. The number of benzene rings is 2. The highest BCUT2D eigenvalue weighted by Gasteiger charge is 2.30. The van der Waals surface area contributed by atoms with E-state index in [1.807, 2.05) is 61.5 Å². The average molecular weight is 256 g/mol. The topological polar surface area (TPSA) is 29.5 Å². The lowest BCUT2D eigenvalue weighted by molar-refractivity contribution is 0.0303. The molecule has 1 unspecified atom stereocenters. The fourth-order valence-corrected chi connectivity index (χ4v) is 2.37. The van der Waals surface area contributed by atoms with E-state index in [1.165, 1.54) is 0 Å². The molecule has 0 heterocycles. The maximum atomic E-state index is 11.0. The first-order chi connectivity index (χ1) is 9.19. The lowest BCUT2D eigenvalue weighted by atomic mass is 9.84. The summed E-state index contributed by atoms with van der Waals surface area (Å²) in [6.45, 7) is 2.00. The van der Waals surface area contributed by atoms with Crippen LogP contribution in [0.3, 0.4) is 0 Å². The monoisotopic (exact) mass is 256 g/mol. The molecule has 0 amide bonds. The summed E-state index contributed by atoms with van der Waals surface area (Å²) in [6.07, 6.45) is 1.23. The number of methoxy groups -OCH3 is 1. The van der Waals surface area contributed by atoms with E-state index in [-0.39, 0.29) is 0 Å². The van der Waals surface area contributed by atoms with E-state index in [1.54, 1.807) is 7.11 Å². The molecular weight excluding hydrogens is 236 g/mol. The van der Waals surface area contributed by atoms with Gasteiger partial charge in [-0.25, -0.2) is 0 Å². The number of rotatable bonds is 5. The van der Waals surface area contributed by atoms with Crippen molar-refractivity contribution in [1.82, 2.24) is 0 Å². The van der Waals surface area contributed by atoms with Gasteiger partial charge in [0.25, 0.3) is 0 Å². The second-order valence-electron chi connectivity index (χ2n) is 4.75. The van der Waals surface area contributed by atoms with Crippen LogP contribution in [0.2, 0.25) is 0 Å². The molecule has 0 aliphatic carbocycles. The second kappa shape index (κ2) is 5.89. The van der Waals surface area contributed by atoms with Gasteiger partial charge >= 0.3 is 0 Å². The Bertz CT molecular complexity index is 522. The van der Waals surface area contributed by atoms with Gasteiger partial charge in [-0.15, -0.1) is 0 Å². The molecule has 2 aromatic rings. The van der Waals surface area contributed by atoms with Gasteiger partial charge in [0.15, 0.2) is 0 Å². The Labute approximate surface area is 114 Å². The summed E-state index contributed by atoms with van der Waals surface area (Å²) >= 11 is 0. The molecule has 2 nitrogen and oxygen atoms in total.